The highest BCUT2D eigenvalue weighted by molar-refractivity contribution is 6.33. The van der Waals surface area contributed by atoms with Crippen molar-refractivity contribution in [3.8, 4) is 0 Å². The average Bonchev–Trinajstić information content (AvgIpc) is 2.27. The van der Waals surface area contributed by atoms with E-state index < -0.39 is 11.6 Å². The molecule has 4 N–H and O–H groups in total. The van der Waals surface area contributed by atoms with Crippen molar-refractivity contribution in [2.45, 2.75) is 26.4 Å². The smallest absolute Gasteiger partial charge is 0.277 e. The molecule has 1 aromatic rings. The van der Waals surface area contributed by atoms with E-state index in [4.69, 9.17) is 22.3 Å². The number of amides is 2. The number of hydrogen-bond acceptors (Lipinski definition) is 5. The Morgan fingerprint density at radius 3 is 2.78 bits per heavy atom. The number of nitrogens with one attached hydrogen (secondary N) is 2. The van der Waals surface area contributed by atoms with Crippen LogP contribution in [0.2, 0.25) is 5.02 Å². The molecule has 1 heterocycles. The largest absolute Gasteiger partial charge is 0.353 e. The third-order valence-electron chi connectivity index (χ3n) is 1.70. The summed E-state index contributed by atoms with van der Waals surface area (Å²) in [5, 5.41) is 1.05. The van der Waals surface area contributed by atoms with Gasteiger partial charge in [0.05, 0.1) is 10.6 Å². The number of pyridine rings is 1. The highest BCUT2D eigenvalue weighted by Gasteiger charge is 2.17. The SMILES string of the molecule is CC(C)(C)ONNC(=O)N(N)c1ncccc1Cl. The second-order valence-corrected chi connectivity index (χ2v) is 4.83. The molecular formula is C10H16ClN5O2. The van der Waals surface area contributed by atoms with Gasteiger partial charge in [0.2, 0.25) is 0 Å². The van der Waals surface area contributed by atoms with E-state index in [1.807, 2.05) is 20.8 Å². The number of carbonyl (C=O) groups excluding carboxylic acids is 1. The Labute approximate surface area is 110 Å². The van der Waals surface area contributed by atoms with E-state index in [2.05, 4.69) is 16.0 Å². The monoisotopic (exact) mass is 273 g/mol. The lowest BCUT2D eigenvalue weighted by molar-refractivity contribution is -0.0859. The van der Waals surface area contributed by atoms with Crippen molar-refractivity contribution in [2.24, 2.45) is 5.84 Å². The maximum absolute atomic E-state index is 11.6. The van der Waals surface area contributed by atoms with E-state index in [0.29, 0.717) is 0 Å². The van der Waals surface area contributed by atoms with Crippen molar-refractivity contribution in [3.05, 3.63) is 23.4 Å². The molecule has 0 aromatic carbocycles. The van der Waals surface area contributed by atoms with Crippen LogP contribution in [-0.2, 0) is 4.84 Å². The van der Waals surface area contributed by atoms with Gasteiger partial charge in [-0.3, -0.25) is 4.84 Å². The molecular weight excluding hydrogens is 258 g/mol. The minimum atomic E-state index is -0.653. The average molecular weight is 274 g/mol. The number of aromatic nitrogens is 1. The molecule has 0 fully saturated rings. The van der Waals surface area contributed by atoms with Gasteiger partial charge in [0.1, 0.15) is 0 Å². The van der Waals surface area contributed by atoms with Gasteiger partial charge in [-0.15, -0.1) is 5.59 Å². The number of hydrazine groups is 2. The Hall–Kier alpha value is -1.41. The van der Waals surface area contributed by atoms with Crippen molar-refractivity contribution in [1.29, 1.82) is 0 Å². The van der Waals surface area contributed by atoms with Crippen molar-refractivity contribution in [1.82, 2.24) is 16.0 Å². The molecule has 0 spiro atoms. The summed E-state index contributed by atoms with van der Waals surface area (Å²) in [5.74, 6) is 5.72. The lowest BCUT2D eigenvalue weighted by atomic mass is 10.2. The van der Waals surface area contributed by atoms with Crippen LogP contribution in [-0.4, -0.2) is 16.6 Å². The summed E-state index contributed by atoms with van der Waals surface area (Å²) in [6.07, 6.45) is 1.48. The van der Waals surface area contributed by atoms with Gasteiger partial charge < -0.3 is 0 Å². The maximum Gasteiger partial charge on any atom is 0.353 e. The molecule has 7 nitrogen and oxygen atoms in total. The van der Waals surface area contributed by atoms with Gasteiger partial charge in [0.15, 0.2) is 5.82 Å². The number of urea groups is 1. The zero-order valence-electron chi connectivity index (χ0n) is 10.4. The number of hydrogen-bond donors (Lipinski definition) is 3. The van der Waals surface area contributed by atoms with E-state index in [1.54, 1.807) is 12.1 Å². The van der Waals surface area contributed by atoms with E-state index in [0.717, 1.165) is 5.01 Å². The normalized spacial score (nSPS) is 11.2. The van der Waals surface area contributed by atoms with Crippen LogP contribution in [0.25, 0.3) is 0 Å². The van der Waals surface area contributed by atoms with E-state index >= 15 is 0 Å². The van der Waals surface area contributed by atoms with Gasteiger partial charge in [0.25, 0.3) is 0 Å². The third-order valence-corrected chi connectivity index (χ3v) is 2.00. The summed E-state index contributed by atoms with van der Waals surface area (Å²) in [5.41, 5.74) is 4.11. The van der Waals surface area contributed by atoms with Gasteiger partial charge in [0, 0.05) is 6.20 Å². The first-order valence-corrected chi connectivity index (χ1v) is 5.57. The maximum atomic E-state index is 11.6. The Bertz CT molecular complexity index is 421. The summed E-state index contributed by atoms with van der Waals surface area (Å²) in [6.45, 7) is 5.46. The quantitative estimate of drug-likeness (QED) is 0.439. The predicted octanol–water partition coefficient (Wildman–Crippen LogP) is 1.36. The fraction of sp³-hybridized carbons (Fsp3) is 0.400. The van der Waals surface area contributed by atoms with Gasteiger partial charge in [-0.2, -0.15) is 0 Å². The first-order valence-electron chi connectivity index (χ1n) is 5.19. The van der Waals surface area contributed by atoms with E-state index in [1.165, 1.54) is 6.20 Å². The van der Waals surface area contributed by atoms with Crippen LogP contribution < -0.4 is 21.9 Å². The molecule has 0 aliphatic rings. The molecule has 0 saturated carbocycles. The summed E-state index contributed by atoms with van der Waals surface area (Å²) < 4.78 is 0. The van der Waals surface area contributed by atoms with Crippen molar-refractivity contribution in [3.63, 3.8) is 0 Å². The number of nitrogens with zero attached hydrogens (tertiary/aromatic N) is 2. The summed E-state index contributed by atoms with van der Waals surface area (Å²) in [4.78, 5) is 20.6. The van der Waals surface area contributed by atoms with Crippen LogP contribution in [0.15, 0.2) is 18.3 Å². The van der Waals surface area contributed by atoms with Crippen LogP contribution in [0.4, 0.5) is 10.6 Å². The predicted molar refractivity (Wildman–Crippen MR) is 68.4 cm³/mol. The molecule has 0 bridgehead atoms. The molecule has 2 amide bonds. The minimum absolute atomic E-state index is 0.147. The Morgan fingerprint density at radius 1 is 1.56 bits per heavy atom. The molecule has 0 saturated heterocycles. The van der Waals surface area contributed by atoms with Crippen molar-refractivity contribution >= 4 is 23.4 Å². The van der Waals surface area contributed by atoms with Crippen LogP contribution in [0, 0.1) is 0 Å². The van der Waals surface area contributed by atoms with Crippen LogP contribution in [0.3, 0.4) is 0 Å². The van der Waals surface area contributed by atoms with Gasteiger partial charge in [-0.1, -0.05) is 11.6 Å². The molecule has 8 heteroatoms. The second-order valence-electron chi connectivity index (χ2n) is 4.43. The van der Waals surface area contributed by atoms with Crippen LogP contribution in [0.5, 0.6) is 0 Å². The fourth-order valence-corrected chi connectivity index (χ4v) is 1.15. The molecule has 0 unspecified atom stereocenters. The summed E-state index contributed by atoms with van der Waals surface area (Å²) >= 11 is 5.85. The fourth-order valence-electron chi connectivity index (χ4n) is 0.933. The molecule has 0 aliphatic heterocycles. The highest BCUT2D eigenvalue weighted by atomic mass is 35.5. The van der Waals surface area contributed by atoms with Crippen LogP contribution >= 0.6 is 11.6 Å². The number of rotatable bonds is 3. The number of halogens is 1. The summed E-state index contributed by atoms with van der Waals surface area (Å²) in [6, 6.07) is 2.56. The van der Waals surface area contributed by atoms with Crippen molar-refractivity contribution in [2.75, 3.05) is 5.01 Å². The Morgan fingerprint density at radius 2 is 2.22 bits per heavy atom. The first kappa shape index (κ1) is 14.7. The summed E-state index contributed by atoms with van der Waals surface area (Å²) in [7, 11) is 0. The first-order chi connectivity index (χ1) is 8.31. The lowest BCUT2D eigenvalue weighted by Gasteiger charge is -2.21. The van der Waals surface area contributed by atoms with Crippen molar-refractivity contribution < 1.29 is 9.63 Å². The zero-order valence-corrected chi connectivity index (χ0v) is 11.2. The third kappa shape index (κ3) is 4.46. The molecule has 18 heavy (non-hydrogen) atoms. The number of carbonyl (C=O) groups is 1. The van der Waals surface area contributed by atoms with Gasteiger partial charge in [-0.05, 0) is 32.9 Å². The van der Waals surface area contributed by atoms with Crippen LogP contribution in [0.1, 0.15) is 20.8 Å². The molecule has 0 aliphatic carbocycles. The zero-order chi connectivity index (χ0) is 13.8. The van der Waals surface area contributed by atoms with Gasteiger partial charge >= 0.3 is 6.03 Å². The standard InChI is InChI=1S/C10H16ClN5O2/c1-10(2,3)18-15-14-9(17)16(12)8-7(11)5-4-6-13-8/h4-6,15H,12H2,1-3H3,(H,14,17). The molecule has 1 rings (SSSR count). The lowest BCUT2D eigenvalue weighted by Crippen LogP contribution is -2.52. The van der Waals surface area contributed by atoms with Gasteiger partial charge in [-0.25, -0.2) is 26.1 Å². The molecule has 100 valence electrons. The number of anilines is 1. The second kappa shape index (κ2) is 5.96. The highest BCUT2D eigenvalue weighted by Crippen LogP contribution is 2.19. The van der Waals surface area contributed by atoms with E-state index in [-0.39, 0.29) is 10.8 Å². The minimum Gasteiger partial charge on any atom is -0.277 e. The molecule has 0 radical (unpaired) electrons. The van der Waals surface area contributed by atoms with E-state index in [9.17, 15) is 4.79 Å². The number of nitrogens with two attached hydrogens (primary N) is 1. The molecule has 1 aromatic heterocycles. The molecule has 0 atom stereocenters. The Kier molecular flexibility index (Phi) is 4.85. The topological polar surface area (TPSA) is 92.5 Å². The Balaban J connectivity index is 2.55.